The van der Waals surface area contributed by atoms with Gasteiger partial charge in [0.15, 0.2) is 0 Å². The first-order chi connectivity index (χ1) is 8.70. The summed E-state index contributed by atoms with van der Waals surface area (Å²) in [5, 5.41) is 6.23. The fraction of sp³-hybridized carbons (Fsp3) is 0.133. The number of rotatable bonds is 1. The predicted molar refractivity (Wildman–Crippen MR) is 78.5 cm³/mol. The Morgan fingerprint density at radius 1 is 1.11 bits per heavy atom. The van der Waals surface area contributed by atoms with E-state index in [-0.39, 0.29) is 0 Å². The molecule has 0 aliphatic rings. The second kappa shape index (κ2) is 4.14. The van der Waals surface area contributed by atoms with Crippen LogP contribution in [-0.4, -0.2) is 12.0 Å². The topological polar surface area (TPSA) is 24.9 Å². The number of hydrogen-bond acceptors (Lipinski definition) is 2. The van der Waals surface area contributed by atoms with Gasteiger partial charge in [0.05, 0.1) is 16.7 Å². The quantitative estimate of drug-likeness (QED) is 0.653. The van der Waals surface area contributed by atoms with Crippen molar-refractivity contribution in [2.75, 3.05) is 12.4 Å². The van der Waals surface area contributed by atoms with Gasteiger partial charge in [-0.15, -0.1) is 0 Å². The Kier molecular flexibility index (Phi) is 2.60. The highest BCUT2D eigenvalue weighted by molar-refractivity contribution is 6.31. The number of hydrogen-bond donors (Lipinski definition) is 1. The van der Waals surface area contributed by atoms with E-state index in [0.717, 1.165) is 27.5 Å². The van der Waals surface area contributed by atoms with E-state index < -0.39 is 0 Å². The Hall–Kier alpha value is -1.80. The van der Waals surface area contributed by atoms with Crippen molar-refractivity contribution in [3.05, 3.63) is 47.0 Å². The lowest BCUT2D eigenvalue weighted by atomic mass is 10.1. The number of benzene rings is 2. The van der Waals surface area contributed by atoms with Gasteiger partial charge in [-0.3, -0.25) is 0 Å². The molecule has 0 aliphatic carbocycles. The molecule has 0 aliphatic heterocycles. The lowest BCUT2D eigenvalue weighted by Gasteiger charge is -2.11. The van der Waals surface area contributed by atoms with E-state index in [4.69, 9.17) is 16.6 Å². The van der Waals surface area contributed by atoms with Crippen LogP contribution in [0.3, 0.4) is 0 Å². The van der Waals surface area contributed by atoms with Gasteiger partial charge in [-0.1, -0.05) is 29.8 Å². The van der Waals surface area contributed by atoms with Gasteiger partial charge in [0.1, 0.15) is 0 Å². The van der Waals surface area contributed by atoms with Gasteiger partial charge in [-0.25, -0.2) is 4.98 Å². The van der Waals surface area contributed by atoms with Crippen molar-refractivity contribution in [1.82, 2.24) is 4.98 Å². The van der Waals surface area contributed by atoms with Gasteiger partial charge >= 0.3 is 0 Å². The number of para-hydroxylation sites is 1. The SMILES string of the molecule is CNc1c2ccc(Cl)cc2nc2c(C)cccc12. The Balaban J connectivity index is 2.56. The van der Waals surface area contributed by atoms with Crippen molar-refractivity contribution >= 4 is 39.1 Å². The lowest BCUT2D eigenvalue weighted by molar-refractivity contribution is 1.41. The molecule has 0 saturated carbocycles. The highest BCUT2D eigenvalue weighted by atomic mass is 35.5. The van der Waals surface area contributed by atoms with Crippen LogP contribution in [0.1, 0.15) is 5.56 Å². The zero-order chi connectivity index (χ0) is 12.7. The maximum atomic E-state index is 6.04. The van der Waals surface area contributed by atoms with Crippen LogP contribution in [0, 0.1) is 6.92 Å². The number of aryl methyl sites for hydroxylation is 1. The molecule has 0 unspecified atom stereocenters. The Bertz CT molecular complexity index is 750. The molecule has 2 aromatic carbocycles. The number of halogens is 1. The first-order valence-corrected chi connectivity index (χ1v) is 6.25. The minimum Gasteiger partial charge on any atom is -0.387 e. The fourth-order valence-electron chi connectivity index (χ4n) is 2.35. The van der Waals surface area contributed by atoms with Crippen molar-refractivity contribution < 1.29 is 0 Å². The highest BCUT2D eigenvalue weighted by Gasteiger charge is 2.09. The summed E-state index contributed by atoms with van der Waals surface area (Å²) >= 11 is 6.04. The maximum Gasteiger partial charge on any atom is 0.0759 e. The van der Waals surface area contributed by atoms with Crippen molar-refractivity contribution in [1.29, 1.82) is 0 Å². The molecule has 3 rings (SSSR count). The first-order valence-electron chi connectivity index (χ1n) is 5.87. The Morgan fingerprint density at radius 2 is 1.94 bits per heavy atom. The van der Waals surface area contributed by atoms with E-state index >= 15 is 0 Å². The van der Waals surface area contributed by atoms with E-state index in [1.54, 1.807) is 0 Å². The molecule has 1 heterocycles. The Morgan fingerprint density at radius 3 is 2.72 bits per heavy atom. The van der Waals surface area contributed by atoms with Crippen LogP contribution >= 0.6 is 11.6 Å². The van der Waals surface area contributed by atoms with Crippen LogP contribution in [-0.2, 0) is 0 Å². The molecule has 1 N–H and O–H groups in total. The highest BCUT2D eigenvalue weighted by Crippen LogP contribution is 2.32. The number of nitrogens with zero attached hydrogens (tertiary/aromatic N) is 1. The van der Waals surface area contributed by atoms with Crippen LogP contribution < -0.4 is 5.32 Å². The summed E-state index contributed by atoms with van der Waals surface area (Å²) in [5.41, 5.74) is 4.23. The number of fused-ring (bicyclic) bond motifs is 2. The van der Waals surface area contributed by atoms with E-state index in [0.29, 0.717) is 5.02 Å². The predicted octanol–water partition coefficient (Wildman–Crippen LogP) is 4.39. The maximum absolute atomic E-state index is 6.04. The molecule has 1 aromatic heterocycles. The van der Waals surface area contributed by atoms with E-state index in [9.17, 15) is 0 Å². The van der Waals surface area contributed by atoms with Crippen molar-refractivity contribution in [2.24, 2.45) is 0 Å². The minimum absolute atomic E-state index is 0.713. The molecule has 90 valence electrons. The molecule has 0 spiro atoms. The second-order valence-corrected chi connectivity index (χ2v) is 4.81. The summed E-state index contributed by atoms with van der Waals surface area (Å²) in [4.78, 5) is 4.72. The molecule has 0 bridgehead atoms. The summed E-state index contributed by atoms with van der Waals surface area (Å²) in [6, 6.07) is 12.0. The van der Waals surface area contributed by atoms with Crippen LogP contribution in [0.5, 0.6) is 0 Å². The standard InChI is InChI=1S/C15H13ClN2/c1-9-4-3-5-12-14(9)18-13-8-10(16)6-7-11(13)15(12)17-2/h3-8H,1-2H3,(H,17,18). The van der Waals surface area contributed by atoms with E-state index in [1.807, 2.05) is 25.2 Å². The third kappa shape index (κ3) is 1.61. The average Bonchev–Trinajstić information content (AvgIpc) is 2.37. The van der Waals surface area contributed by atoms with Crippen LogP contribution in [0.25, 0.3) is 21.8 Å². The molecule has 3 heteroatoms. The van der Waals surface area contributed by atoms with Crippen molar-refractivity contribution in [3.63, 3.8) is 0 Å². The third-order valence-electron chi connectivity index (χ3n) is 3.22. The largest absolute Gasteiger partial charge is 0.387 e. The number of aromatic nitrogens is 1. The Labute approximate surface area is 111 Å². The van der Waals surface area contributed by atoms with Crippen LogP contribution in [0.4, 0.5) is 5.69 Å². The van der Waals surface area contributed by atoms with Gasteiger partial charge in [-0.05, 0) is 30.7 Å². The lowest BCUT2D eigenvalue weighted by Crippen LogP contribution is -1.95. The van der Waals surface area contributed by atoms with Gasteiger partial charge in [0, 0.05) is 22.8 Å². The zero-order valence-corrected chi connectivity index (χ0v) is 11.0. The summed E-state index contributed by atoms with van der Waals surface area (Å²) in [5.74, 6) is 0. The van der Waals surface area contributed by atoms with Crippen molar-refractivity contribution in [3.8, 4) is 0 Å². The number of nitrogens with one attached hydrogen (secondary N) is 1. The summed E-state index contributed by atoms with van der Waals surface area (Å²) < 4.78 is 0. The molecular formula is C15H13ClN2. The normalized spacial score (nSPS) is 11.1. The van der Waals surface area contributed by atoms with Gasteiger partial charge in [0.2, 0.25) is 0 Å². The zero-order valence-electron chi connectivity index (χ0n) is 10.3. The van der Waals surface area contributed by atoms with Crippen LogP contribution in [0.2, 0.25) is 5.02 Å². The van der Waals surface area contributed by atoms with Crippen LogP contribution in [0.15, 0.2) is 36.4 Å². The van der Waals surface area contributed by atoms with Gasteiger partial charge in [0.25, 0.3) is 0 Å². The van der Waals surface area contributed by atoms with Crippen molar-refractivity contribution in [2.45, 2.75) is 6.92 Å². The first kappa shape index (κ1) is 11.3. The fourth-order valence-corrected chi connectivity index (χ4v) is 2.52. The summed E-state index contributed by atoms with van der Waals surface area (Å²) in [6.45, 7) is 2.07. The summed E-state index contributed by atoms with van der Waals surface area (Å²) in [6.07, 6.45) is 0. The molecule has 0 amide bonds. The molecule has 0 fully saturated rings. The monoisotopic (exact) mass is 256 g/mol. The third-order valence-corrected chi connectivity index (χ3v) is 3.45. The smallest absolute Gasteiger partial charge is 0.0759 e. The molecule has 0 radical (unpaired) electrons. The van der Waals surface area contributed by atoms with Gasteiger partial charge < -0.3 is 5.32 Å². The average molecular weight is 257 g/mol. The second-order valence-electron chi connectivity index (χ2n) is 4.37. The molecule has 0 atom stereocenters. The van der Waals surface area contributed by atoms with E-state index in [2.05, 4.69) is 30.4 Å². The van der Waals surface area contributed by atoms with E-state index in [1.165, 1.54) is 5.56 Å². The molecule has 2 nitrogen and oxygen atoms in total. The summed E-state index contributed by atoms with van der Waals surface area (Å²) in [7, 11) is 1.94. The molecular weight excluding hydrogens is 244 g/mol. The van der Waals surface area contributed by atoms with Gasteiger partial charge in [-0.2, -0.15) is 0 Å². The minimum atomic E-state index is 0.713. The molecule has 18 heavy (non-hydrogen) atoms. The molecule has 3 aromatic rings. The molecule has 0 saturated heterocycles. The number of anilines is 1. The number of pyridine rings is 1.